The highest BCUT2D eigenvalue weighted by Gasteiger charge is 2.28. The Hall–Kier alpha value is -2.22. The maximum Gasteiger partial charge on any atom is 0.310 e. The van der Waals surface area contributed by atoms with Crippen LogP contribution in [0, 0.1) is 6.92 Å². The first-order chi connectivity index (χ1) is 13.1. The number of hydrogen-bond acceptors (Lipinski definition) is 7. The molecule has 8 heteroatoms. The van der Waals surface area contributed by atoms with Gasteiger partial charge in [-0.3, -0.25) is 4.79 Å². The van der Waals surface area contributed by atoms with Crippen LogP contribution in [0.2, 0.25) is 0 Å². The number of esters is 1. The van der Waals surface area contributed by atoms with Crippen LogP contribution in [0.3, 0.4) is 0 Å². The van der Waals surface area contributed by atoms with Crippen LogP contribution in [0.4, 0.5) is 5.82 Å². The smallest absolute Gasteiger partial charge is 0.310 e. The molecule has 2 aromatic heterocycles. The van der Waals surface area contributed by atoms with Crippen molar-refractivity contribution in [1.82, 2.24) is 24.5 Å². The largest absolute Gasteiger partial charge is 0.466 e. The third-order valence-corrected chi connectivity index (χ3v) is 5.42. The lowest BCUT2D eigenvalue weighted by Crippen LogP contribution is -2.45. The topological polar surface area (TPSA) is 75.9 Å². The molecular weight excluding hydrogens is 344 g/mol. The van der Waals surface area contributed by atoms with E-state index in [9.17, 15) is 4.79 Å². The van der Waals surface area contributed by atoms with Crippen LogP contribution in [0.5, 0.6) is 0 Å². The van der Waals surface area contributed by atoms with Gasteiger partial charge in [-0.2, -0.15) is 14.6 Å². The molecule has 0 amide bonds. The highest BCUT2D eigenvalue weighted by atomic mass is 16.5. The number of nitrogens with zero attached hydrogens (tertiary/aromatic N) is 6. The number of hydrogen-bond donors (Lipinski definition) is 0. The fourth-order valence-electron chi connectivity index (χ4n) is 4.04. The van der Waals surface area contributed by atoms with Crippen LogP contribution in [0.25, 0.3) is 5.78 Å². The van der Waals surface area contributed by atoms with Crippen molar-refractivity contribution in [3.8, 4) is 0 Å². The van der Waals surface area contributed by atoms with Gasteiger partial charge in [-0.1, -0.05) is 13.8 Å². The number of aromatic nitrogens is 4. The Bertz CT molecular complexity index is 778. The summed E-state index contributed by atoms with van der Waals surface area (Å²) in [5, 5.41) is 4.37. The molecule has 0 spiro atoms. The standard InChI is InChI=1S/C19H30N6O2/c1-5-23(6-2)15-8-10-24(11-9-15)18-16(12-17(26)27-7-3)14(4)22-19-20-13-21-25(18)19/h13,15H,5-12H2,1-4H3. The molecule has 1 aliphatic rings. The molecule has 27 heavy (non-hydrogen) atoms. The van der Waals surface area contributed by atoms with E-state index in [-0.39, 0.29) is 12.4 Å². The number of carbonyl (C=O) groups is 1. The molecule has 0 unspecified atom stereocenters. The van der Waals surface area contributed by atoms with Crippen LogP contribution in [-0.2, 0) is 16.0 Å². The van der Waals surface area contributed by atoms with Gasteiger partial charge < -0.3 is 14.5 Å². The number of piperidine rings is 1. The molecule has 8 nitrogen and oxygen atoms in total. The molecule has 1 saturated heterocycles. The Morgan fingerprint density at radius 2 is 1.96 bits per heavy atom. The Labute approximate surface area is 160 Å². The Morgan fingerprint density at radius 1 is 1.26 bits per heavy atom. The average Bonchev–Trinajstić information content (AvgIpc) is 3.12. The van der Waals surface area contributed by atoms with E-state index in [1.807, 2.05) is 13.8 Å². The van der Waals surface area contributed by atoms with Crippen molar-refractivity contribution in [2.75, 3.05) is 37.7 Å². The van der Waals surface area contributed by atoms with E-state index >= 15 is 0 Å². The maximum absolute atomic E-state index is 12.2. The SMILES string of the molecule is CCOC(=O)Cc1c(C)nc2ncnn2c1N1CCC(N(CC)CC)CC1. The van der Waals surface area contributed by atoms with Gasteiger partial charge in [0.15, 0.2) is 0 Å². The highest BCUT2D eigenvalue weighted by Crippen LogP contribution is 2.28. The van der Waals surface area contributed by atoms with Gasteiger partial charge >= 0.3 is 5.97 Å². The van der Waals surface area contributed by atoms with Gasteiger partial charge in [0.25, 0.3) is 5.78 Å². The van der Waals surface area contributed by atoms with Gasteiger partial charge in [-0.15, -0.1) is 0 Å². The van der Waals surface area contributed by atoms with Gasteiger partial charge in [-0.05, 0) is 39.8 Å². The third kappa shape index (κ3) is 4.05. The molecule has 3 heterocycles. The quantitative estimate of drug-likeness (QED) is 0.685. The lowest BCUT2D eigenvalue weighted by molar-refractivity contribution is -0.142. The van der Waals surface area contributed by atoms with Gasteiger partial charge in [0.05, 0.1) is 13.0 Å². The Morgan fingerprint density at radius 3 is 2.59 bits per heavy atom. The zero-order valence-electron chi connectivity index (χ0n) is 16.8. The number of aryl methyl sites for hydroxylation is 1. The molecule has 0 radical (unpaired) electrons. The maximum atomic E-state index is 12.2. The summed E-state index contributed by atoms with van der Waals surface area (Å²) < 4.78 is 6.94. The summed E-state index contributed by atoms with van der Waals surface area (Å²) in [6, 6.07) is 0.610. The summed E-state index contributed by atoms with van der Waals surface area (Å²) in [7, 11) is 0. The second kappa shape index (κ2) is 8.65. The van der Waals surface area contributed by atoms with Gasteiger partial charge in [-0.25, -0.2) is 4.98 Å². The molecule has 3 rings (SSSR count). The summed E-state index contributed by atoms with van der Waals surface area (Å²) in [5.41, 5.74) is 1.69. The zero-order valence-corrected chi connectivity index (χ0v) is 16.8. The van der Waals surface area contributed by atoms with Gasteiger partial charge in [0.1, 0.15) is 12.1 Å². The molecular formula is C19H30N6O2. The van der Waals surface area contributed by atoms with Gasteiger partial charge in [0, 0.05) is 30.4 Å². The normalized spacial score (nSPS) is 15.7. The molecule has 2 aromatic rings. The second-order valence-electron chi connectivity index (χ2n) is 6.89. The van der Waals surface area contributed by atoms with Crippen molar-refractivity contribution in [3.05, 3.63) is 17.6 Å². The fourth-order valence-corrected chi connectivity index (χ4v) is 4.04. The van der Waals surface area contributed by atoms with E-state index in [4.69, 9.17) is 4.74 Å². The van der Waals surface area contributed by atoms with E-state index in [0.29, 0.717) is 18.4 Å². The van der Waals surface area contributed by atoms with Crippen molar-refractivity contribution in [2.45, 2.75) is 53.0 Å². The number of ether oxygens (including phenoxy) is 1. The van der Waals surface area contributed by atoms with E-state index < -0.39 is 0 Å². The summed E-state index contributed by atoms with van der Waals surface area (Å²) in [6.07, 6.45) is 3.91. The molecule has 1 fully saturated rings. The second-order valence-corrected chi connectivity index (χ2v) is 6.89. The van der Waals surface area contributed by atoms with E-state index in [2.05, 4.69) is 38.7 Å². The third-order valence-electron chi connectivity index (χ3n) is 5.42. The lowest BCUT2D eigenvalue weighted by atomic mass is 10.0. The zero-order chi connectivity index (χ0) is 19.4. The van der Waals surface area contributed by atoms with Crippen LogP contribution in [-0.4, -0.2) is 69.3 Å². The minimum Gasteiger partial charge on any atom is -0.466 e. The number of rotatable bonds is 7. The van der Waals surface area contributed by atoms with Crippen molar-refractivity contribution in [1.29, 1.82) is 0 Å². The molecule has 0 N–H and O–H groups in total. The van der Waals surface area contributed by atoms with Crippen LogP contribution < -0.4 is 4.90 Å². The first-order valence-electron chi connectivity index (χ1n) is 9.92. The molecule has 148 valence electrons. The summed E-state index contributed by atoms with van der Waals surface area (Å²) >= 11 is 0. The predicted octanol–water partition coefficient (Wildman–Crippen LogP) is 1.85. The molecule has 0 aromatic carbocycles. The first-order valence-corrected chi connectivity index (χ1v) is 9.92. The molecule has 0 bridgehead atoms. The van der Waals surface area contributed by atoms with Crippen molar-refractivity contribution < 1.29 is 9.53 Å². The van der Waals surface area contributed by atoms with Crippen molar-refractivity contribution >= 4 is 17.6 Å². The lowest BCUT2D eigenvalue weighted by Gasteiger charge is -2.39. The fraction of sp³-hybridized carbons (Fsp3) is 0.684. The van der Waals surface area contributed by atoms with Crippen LogP contribution in [0.1, 0.15) is 44.9 Å². The van der Waals surface area contributed by atoms with E-state index in [0.717, 1.165) is 56.1 Å². The molecule has 0 saturated carbocycles. The average molecular weight is 374 g/mol. The minimum atomic E-state index is -0.235. The molecule has 0 aliphatic carbocycles. The summed E-state index contributed by atoms with van der Waals surface area (Å²) in [6.45, 7) is 12.6. The summed E-state index contributed by atoms with van der Waals surface area (Å²) in [4.78, 5) is 25.8. The Kier molecular flexibility index (Phi) is 6.26. The van der Waals surface area contributed by atoms with Gasteiger partial charge in [0.2, 0.25) is 0 Å². The first kappa shape index (κ1) is 19.5. The highest BCUT2D eigenvalue weighted by molar-refractivity contribution is 5.75. The van der Waals surface area contributed by atoms with Crippen LogP contribution >= 0.6 is 0 Å². The monoisotopic (exact) mass is 374 g/mol. The van der Waals surface area contributed by atoms with E-state index in [1.165, 1.54) is 6.33 Å². The van der Waals surface area contributed by atoms with E-state index in [1.54, 1.807) is 4.52 Å². The minimum absolute atomic E-state index is 0.202. The van der Waals surface area contributed by atoms with Crippen molar-refractivity contribution in [3.63, 3.8) is 0 Å². The number of carbonyl (C=O) groups excluding carboxylic acids is 1. The summed E-state index contributed by atoms with van der Waals surface area (Å²) in [5.74, 6) is 1.27. The molecule has 1 aliphatic heterocycles. The van der Waals surface area contributed by atoms with Crippen molar-refractivity contribution in [2.24, 2.45) is 0 Å². The van der Waals surface area contributed by atoms with Crippen LogP contribution in [0.15, 0.2) is 6.33 Å². The molecule has 0 atom stereocenters. The number of anilines is 1. The predicted molar refractivity (Wildman–Crippen MR) is 104 cm³/mol. The number of fused-ring (bicyclic) bond motifs is 1. The Balaban J connectivity index is 1.91.